The highest BCUT2D eigenvalue weighted by Crippen LogP contribution is 2.51. The molecule has 0 unspecified atom stereocenters. The molecule has 0 radical (unpaired) electrons. The van der Waals surface area contributed by atoms with Gasteiger partial charge in [0.1, 0.15) is 5.54 Å². The van der Waals surface area contributed by atoms with Crippen LogP contribution < -0.4 is 0 Å². The van der Waals surface area contributed by atoms with Crippen LogP contribution in [0, 0.1) is 5.92 Å². The lowest BCUT2D eigenvalue weighted by molar-refractivity contribution is -0.148. The molecule has 0 saturated carbocycles. The Hall–Kier alpha value is -1.40. The third-order valence-corrected chi connectivity index (χ3v) is 4.38. The number of aliphatic carboxylic acids is 1. The lowest BCUT2D eigenvalue weighted by Gasteiger charge is -2.30. The Kier molecular flexibility index (Phi) is 2.64. The van der Waals surface area contributed by atoms with Crippen molar-refractivity contribution in [3.05, 3.63) is 18.0 Å². The lowest BCUT2D eigenvalue weighted by atomic mass is 9.88. The van der Waals surface area contributed by atoms with Crippen LogP contribution in [0.5, 0.6) is 0 Å². The largest absolute Gasteiger partial charge is 0.480 e. The van der Waals surface area contributed by atoms with Crippen molar-refractivity contribution >= 4 is 5.97 Å². The van der Waals surface area contributed by atoms with Gasteiger partial charge in [-0.25, -0.2) is 0 Å². The average molecular weight is 251 g/mol. The van der Waals surface area contributed by atoms with Crippen molar-refractivity contribution < 1.29 is 15.0 Å². The number of hydrogen-bond acceptors (Lipinski definition) is 4. The Balaban J connectivity index is 2.01. The number of rotatable bonds is 3. The molecule has 3 N–H and O–H groups in total. The first-order valence-corrected chi connectivity index (χ1v) is 6.30. The molecule has 0 bridgehead atoms. The molecule has 3 atom stereocenters. The van der Waals surface area contributed by atoms with Gasteiger partial charge in [-0.15, -0.1) is 0 Å². The molecule has 1 aromatic rings. The Morgan fingerprint density at radius 3 is 3.11 bits per heavy atom. The topological polar surface area (TPSA) is 89.5 Å². The van der Waals surface area contributed by atoms with E-state index in [0.717, 1.165) is 18.7 Å². The van der Waals surface area contributed by atoms with Crippen molar-refractivity contribution in [3.8, 4) is 0 Å². The zero-order valence-corrected chi connectivity index (χ0v) is 10.0. The van der Waals surface area contributed by atoms with E-state index in [4.69, 9.17) is 0 Å². The zero-order chi connectivity index (χ0) is 12.8. The number of fused-ring (bicyclic) bond motifs is 1. The van der Waals surface area contributed by atoms with E-state index in [1.165, 1.54) is 0 Å². The summed E-state index contributed by atoms with van der Waals surface area (Å²) in [4.78, 5) is 13.7. The van der Waals surface area contributed by atoms with Gasteiger partial charge in [0.05, 0.1) is 11.7 Å². The summed E-state index contributed by atoms with van der Waals surface area (Å²) in [7, 11) is 0. The number of aromatic amines is 1. The molecule has 0 aromatic carbocycles. The van der Waals surface area contributed by atoms with Gasteiger partial charge in [-0.05, 0) is 25.3 Å². The third kappa shape index (κ3) is 1.42. The SMILES string of the molecule is O=C(O)[C@@]12CCCN1[C@H](c1cc[nH]n1)[C@H](CO)C2. The second kappa shape index (κ2) is 4.07. The summed E-state index contributed by atoms with van der Waals surface area (Å²) in [5.74, 6) is -0.818. The van der Waals surface area contributed by atoms with Crippen LogP contribution in [0.15, 0.2) is 12.3 Å². The number of carboxylic acid groups (broad SMARTS) is 1. The van der Waals surface area contributed by atoms with Gasteiger partial charge in [0.15, 0.2) is 0 Å². The van der Waals surface area contributed by atoms with E-state index in [0.29, 0.717) is 12.8 Å². The summed E-state index contributed by atoms with van der Waals surface area (Å²) in [5.41, 5.74) is 0.0378. The highest BCUT2D eigenvalue weighted by atomic mass is 16.4. The molecule has 6 nitrogen and oxygen atoms in total. The minimum atomic E-state index is -0.795. The minimum Gasteiger partial charge on any atom is -0.480 e. The van der Waals surface area contributed by atoms with Gasteiger partial charge >= 0.3 is 5.97 Å². The van der Waals surface area contributed by atoms with Gasteiger partial charge in [-0.3, -0.25) is 14.8 Å². The molecule has 18 heavy (non-hydrogen) atoms. The number of aliphatic hydroxyl groups is 1. The molecule has 6 heteroatoms. The first-order valence-electron chi connectivity index (χ1n) is 6.30. The standard InChI is InChI=1S/C12H17N3O3/c16-7-8-6-12(11(17)18)3-1-5-15(12)10(8)9-2-4-13-14-9/h2,4,8,10,16H,1,3,5-7H2,(H,13,14)(H,17,18)/t8-,10-,12-/m0/s1. The zero-order valence-electron chi connectivity index (χ0n) is 10.0. The van der Waals surface area contributed by atoms with Crippen molar-refractivity contribution in [2.24, 2.45) is 5.92 Å². The molecule has 0 amide bonds. The Morgan fingerprint density at radius 1 is 1.67 bits per heavy atom. The molecule has 0 aliphatic carbocycles. The smallest absolute Gasteiger partial charge is 0.324 e. The fourth-order valence-electron chi connectivity index (χ4n) is 3.64. The number of aromatic nitrogens is 2. The van der Waals surface area contributed by atoms with Crippen molar-refractivity contribution in [1.82, 2.24) is 15.1 Å². The van der Waals surface area contributed by atoms with Crippen molar-refractivity contribution in [2.45, 2.75) is 30.8 Å². The fourth-order valence-corrected chi connectivity index (χ4v) is 3.64. The quantitative estimate of drug-likeness (QED) is 0.722. The predicted octanol–water partition coefficient (Wildman–Crippen LogP) is 0.382. The molecule has 3 heterocycles. The summed E-state index contributed by atoms with van der Waals surface area (Å²) in [6.07, 6.45) is 3.81. The van der Waals surface area contributed by atoms with Gasteiger partial charge in [0.25, 0.3) is 0 Å². The summed E-state index contributed by atoms with van der Waals surface area (Å²) in [6.45, 7) is 0.767. The third-order valence-electron chi connectivity index (χ3n) is 4.38. The molecule has 3 rings (SSSR count). The van der Waals surface area contributed by atoms with Gasteiger partial charge in [0.2, 0.25) is 0 Å². The summed E-state index contributed by atoms with van der Waals surface area (Å²) < 4.78 is 0. The van der Waals surface area contributed by atoms with Crippen molar-refractivity contribution in [2.75, 3.05) is 13.2 Å². The van der Waals surface area contributed by atoms with Crippen LogP contribution in [-0.2, 0) is 4.79 Å². The number of hydrogen-bond donors (Lipinski definition) is 3. The number of nitrogens with zero attached hydrogens (tertiary/aromatic N) is 2. The maximum absolute atomic E-state index is 11.6. The molecular formula is C12H17N3O3. The predicted molar refractivity (Wildman–Crippen MR) is 62.8 cm³/mol. The Morgan fingerprint density at radius 2 is 2.50 bits per heavy atom. The second-order valence-corrected chi connectivity index (χ2v) is 5.22. The molecule has 2 aliphatic rings. The normalized spacial score (nSPS) is 35.8. The van der Waals surface area contributed by atoms with Gasteiger partial charge in [-0.1, -0.05) is 0 Å². The van der Waals surface area contributed by atoms with Crippen LogP contribution in [0.1, 0.15) is 31.0 Å². The first kappa shape index (κ1) is 11.7. The first-order chi connectivity index (χ1) is 8.69. The average Bonchev–Trinajstić information content (AvgIpc) is 3.02. The van der Waals surface area contributed by atoms with E-state index in [9.17, 15) is 15.0 Å². The molecule has 1 aromatic heterocycles. The van der Waals surface area contributed by atoms with E-state index >= 15 is 0 Å². The van der Waals surface area contributed by atoms with E-state index < -0.39 is 11.5 Å². The van der Waals surface area contributed by atoms with Gasteiger partial charge in [-0.2, -0.15) is 5.10 Å². The molecule has 2 fully saturated rings. The maximum Gasteiger partial charge on any atom is 0.324 e. The van der Waals surface area contributed by atoms with Crippen LogP contribution in [0.25, 0.3) is 0 Å². The number of nitrogens with one attached hydrogen (secondary N) is 1. The number of carboxylic acids is 1. The van der Waals surface area contributed by atoms with Crippen LogP contribution in [0.2, 0.25) is 0 Å². The van der Waals surface area contributed by atoms with E-state index in [1.807, 2.05) is 11.0 Å². The number of carbonyl (C=O) groups is 1. The van der Waals surface area contributed by atoms with Crippen molar-refractivity contribution in [3.63, 3.8) is 0 Å². The van der Waals surface area contributed by atoms with Crippen molar-refractivity contribution in [1.29, 1.82) is 0 Å². The Bertz CT molecular complexity index is 447. The van der Waals surface area contributed by atoms with E-state index in [-0.39, 0.29) is 18.6 Å². The Labute approximate surface area is 105 Å². The van der Waals surface area contributed by atoms with Gasteiger partial charge in [0, 0.05) is 25.3 Å². The summed E-state index contributed by atoms with van der Waals surface area (Å²) in [5, 5.41) is 26.0. The van der Waals surface area contributed by atoms with Crippen LogP contribution in [-0.4, -0.2) is 50.0 Å². The molecule has 2 aliphatic heterocycles. The summed E-state index contributed by atoms with van der Waals surface area (Å²) in [6, 6.07) is 1.78. The second-order valence-electron chi connectivity index (χ2n) is 5.22. The van der Waals surface area contributed by atoms with Crippen LogP contribution in [0.3, 0.4) is 0 Å². The lowest BCUT2D eigenvalue weighted by Crippen LogP contribution is -2.46. The van der Waals surface area contributed by atoms with Crippen LogP contribution in [0.4, 0.5) is 0 Å². The van der Waals surface area contributed by atoms with E-state index in [1.54, 1.807) is 6.20 Å². The summed E-state index contributed by atoms with van der Waals surface area (Å²) >= 11 is 0. The minimum absolute atomic E-state index is 0.00303. The van der Waals surface area contributed by atoms with Gasteiger partial charge < -0.3 is 10.2 Å². The molecular weight excluding hydrogens is 234 g/mol. The molecule has 2 saturated heterocycles. The number of H-pyrrole nitrogens is 1. The highest BCUT2D eigenvalue weighted by molar-refractivity contribution is 5.80. The van der Waals surface area contributed by atoms with E-state index in [2.05, 4.69) is 10.2 Å². The fraction of sp³-hybridized carbons (Fsp3) is 0.667. The molecule has 98 valence electrons. The van der Waals surface area contributed by atoms with Crippen LogP contribution >= 0.6 is 0 Å². The monoisotopic (exact) mass is 251 g/mol. The molecule has 0 spiro atoms. The highest BCUT2D eigenvalue weighted by Gasteiger charge is 2.59. The number of aliphatic hydroxyl groups excluding tert-OH is 1. The maximum atomic E-state index is 11.6.